The second kappa shape index (κ2) is 26.9. The number of nitrogens with one attached hydrogen (secondary N) is 3. The van der Waals surface area contributed by atoms with Gasteiger partial charge < -0.3 is 30.3 Å². The Balaban J connectivity index is 0.000000181. The summed E-state index contributed by atoms with van der Waals surface area (Å²) < 4.78 is 88.6. The first-order valence-electron chi connectivity index (χ1n) is 27.7. The third-order valence-corrected chi connectivity index (χ3v) is 20.3. The molecule has 0 radical (unpaired) electrons. The van der Waals surface area contributed by atoms with Gasteiger partial charge in [-0.2, -0.15) is 15.8 Å². The summed E-state index contributed by atoms with van der Waals surface area (Å²) in [5, 5.41) is 29.1. The van der Waals surface area contributed by atoms with Crippen molar-refractivity contribution in [1.82, 2.24) is 24.6 Å². The van der Waals surface area contributed by atoms with Gasteiger partial charge >= 0.3 is 12.2 Å². The minimum absolute atomic E-state index is 0.0312. The molecule has 19 nitrogen and oxygen atoms in total. The van der Waals surface area contributed by atoms with Crippen LogP contribution in [0.2, 0.25) is 0 Å². The number of nitriles is 3. The van der Waals surface area contributed by atoms with E-state index in [-0.39, 0.29) is 62.6 Å². The van der Waals surface area contributed by atoms with Crippen molar-refractivity contribution in [2.45, 2.75) is 182 Å². The van der Waals surface area contributed by atoms with Crippen LogP contribution in [0.25, 0.3) is 0 Å². The number of hydrogen-bond donors (Lipinski definition) is 4. The molecule has 3 saturated heterocycles. The van der Waals surface area contributed by atoms with Crippen molar-refractivity contribution >= 4 is 52.0 Å². The molecule has 5 N–H and O–H groups in total. The van der Waals surface area contributed by atoms with Gasteiger partial charge in [-0.3, -0.25) is 0 Å². The van der Waals surface area contributed by atoms with E-state index < -0.39 is 40.3 Å². The number of likely N-dealkylation sites (tertiary alicyclic amines) is 2. The molecule has 3 aliphatic carbocycles. The highest BCUT2D eigenvalue weighted by molar-refractivity contribution is 8.13. The number of nitrogens with zero attached hydrogens (tertiary/aromatic N) is 5. The van der Waals surface area contributed by atoms with Crippen molar-refractivity contribution in [3.8, 4) is 18.2 Å². The Morgan fingerprint density at radius 1 is 0.593 bits per heavy atom. The van der Waals surface area contributed by atoms with Crippen LogP contribution in [0.5, 0.6) is 0 Å². The molecule has 2 amide bonds. The average Bonchev–Trinajstić information content (AvgIpc) is 4.36. The van der Waals surface area contributed by atoms with Crippen LogP contribution in [0, 0.1) is 50.2 Å². The molecule has 3 aromatic rings. The Kier molecular flexibility index (Phi) is 21.5. The number of amides is 2. The quantitative estimate of drug-likeness (QED) is 0.138. The zero-order valence-corrected chi connectivity index (χ0v) is 50.7. The van der Waals surface area contributed by atoms with Crippen molar-refractivity contribution < 1.29 is 44.3 Å². The van der Waals surface area contributed by atoms with E-state index in [4.69, 9.17) is 41.7 Å². The number of carbonyl (C=O) groups excluding carboxylic acids is 2. The minimum atomic E-state index is -3.65. The lowest BCUT2D eigenvalue weighted by atomic mass is 9.85. The maximum atomic E-state index is 12.7. The lowest BCUT2D eigenvalue weighted by Gasteiger charge is -2.27. The van der Waals surface area contributed by atoms with Crippen LogP contribution in [-0.4, -0.2) is 116 Å². The summed E-state index contributed by atoms with van der Waals surface area (Å²) in [5.74, 6) is 0. The van der Waals surface area contributed by atoms with Gasteiger partial charge in [-0.25, -0.2) is 44.3 Å². The molecule has 3 aromatic carbocycles. The summed E-state index contributed by atoms with van der Waals surface area (Å²) in [5.41, 5.74) is 7.99. The van der Waals surface area contributed by atoms with Crippen LogP contribution in [-0.2, 0) is 57.8 Å². The smallest absolute Gasteiger partial charge is 0.410 e. The van der Waals surface area contributed by atoms with Gasteiger partial charge in [-0.1, -0.05) is 36.4 Å². The second-order valence-corrected chi connectivity index (χ2v) is 30.7. The molecule has 3 spiro atoms. The van der Waals surface area contributed by atoms with Crippen LogP contribution in [0.3, 0.4) is 0 Å². The second-order valence-electron chi connectivity index (χ2n) is 24.7. The topological polar surface area (TPSA) is 295 Å². The molecule has 0 aromatic heterocycles. The summed E-state index contributed by atoms with van der Waals surface area (Å²) in [4.78, 5) is 28.4. The van der Waals surface area contributed by atoms with Gasteiger partial charge in [-0.05, 0) is 194 Å². The largest absolute Gasteiger partial charge is 0.444 e. The predicted octanol–water partition coefficient (Wildman–Crippen LogP) is 8.58. The van der Waals surface area contributed by atoms with Crippen molar-refractivity contribution in [3.63, 3.8) is 0 Å². The Morgan fingerprint density at radius 3 is 1.31 bits per heavy atom. The third kappa shape index (κ3) is 19.1. The predicted molar refractivity (Wildman–Crippen MR) is 308 cm³/mol. The standard InChI is InChI=1S/C21H29N3O4S.C16H21N3O2S.C13H24N2O2.C8H6ClNO2S/c1-20(2,3)28-19(25)24-13-11-21(15-24)10-8-17(14-21)23-29(26,27)18-6-4-16(5-7-18)9-12-22;17-9-6-13-1-3-15(4-2-13)22(20,21)19-14-5-7-16(11-14)8-10-18-12-16;1-12(2,3)17-11(16)15-7-6-13(9-15)5-4-10(14)8-13;9-13(11,12)8-3-1-7(2-4-8)5-6-10/h4-7,17,23H,8-11,13-15H2,1-3H3;1-4,14,18-19H,5-8,10-12H2;10H,4-9,14H2,1-3H3;1-4H,5H2. The average molecular weight is 1190 g/mol. The molecule has 81 heavy (non-hydrogen) atoms. The Bertz CT molecular complexity index is 3130. The molecular weight excluding hydrogens is 1110 g/mol. The van der Waals surface area contributed by atoms with Crippen LogP contribution < -0.4 is 20.5 Å². The van der Waals surface area contributed by atoms with Crippen molar-refractivity contribution in [3.05, 3.63) is 89.5 Å². The monoisotopic (exact) mass is 1190 g/mol. The van der Waals surface area contributed by atoms with E-state index in [9.17, 15) is 34.8 Å². The summed E-state index contributed by atoms with van der Waals surface area (Å²) in [6.45, 7) is 16.2. The highest BCUT2D eigenvalue weighted by Gasteiger charge is 2.48. The zero-order chi connectivity index (χ0) is 59.5. The molecule has 0 bridgehead atoms. The summed E-state index contributed by atoms with van der Waals surface area (Å²) >= 11 is 0. The fourth-order valence-electron chi connectivity index (χ4n) is 11.8. The molecule has 6 aliphatic rings. The molecule has 3 saturated carbocycles. The lowest BCUT2D eigenvalue weighted by molar-refractivity contribution is 0.0263. The molecule has 6 unspecified atom stereocenters. The highest BCUT2D eigenvalue weighted by atomic mass is 35.7. The van der Waals surface area contributed by atoms with Crippen molar-refractivity contribution in [2.75, 3.05) is 39.3 Å². The summed E-state index contributed by atoms with van der Waals surface area (Å²) in [6, 6.07) is 25.2. The van der Waals surface area contributed by atoms with E-state index in [1.54, 1.807) is 65.6 Å². The SMILES string of the molecule is CC(C)(C)OC(=O)N1CCC2(CCC(N)C2)C1.CC(C)(C)OC(=O)N1CCC2(CCC(NS(=O)(=O)c3ccc(CC#N)cc3)C2)C1.N#CCc1ccc(S(=O)(=O)Cl)cc1.N#CCc1ccc(S(=O)(=O)NC2CCC3(CCNC3)C2)cc1. The number of sulfonamides is 2. The van der Waals surface area contributed by atoms with Crippen LogP contribution in [0.15, 0.2) is 87.5 Å². The van der Waals surface area contributed by atoms with Gasteiger partial charge in [0.15, 0.2) is 0 Å². The number of hydrogen-bond acceptors (Lipinski definition) is 15. The Hall–Kier alpha value is -5.35. The first kappa shape index (κ1) is 64.8. The molecule has 9 rings (SSSR count). The van der Waals surface area contributed by atoms with E-state index in [1.807, 2.05) is 52.5 Å². The van der Waals surface area contributed by atoms with Gasteiger partial charge in [0.2, 0.25) is 20.0 Å². The fraction of sp³-hybridized carbons (Fsp3) is 0.603. The highest BCUT2D eigenvalue weighted by Crippen LogP contribution is 2.47. The van der Waals surface area contributed by atoms with Crippen LogP contribution >= 0.6 is 10.7 Å². The van der Waals surface area contributed by atoms with Gasteiger partial charge in [0, 0.05) is 61.5 Å². The van der Waals surface area contributed by atoms with E-state index in [1.165, 1.54) is 12.1 Å². The van der Waals surface area contributed by atoms with E-state index >= 15 is 0 Å². The van der Waals surface area contributed by atoms with E-state index in [0.717, 1.165) is 120 Å². The number of rotatable bonds is 10. The maximum absolute atomic E-state index is 12.7. The third-order valence-electron chi connectivity index (χ3n) is 15.8. The first-order valence-corrected chi connectivity index (χ1v) is 33.0. The molecule has 6 fully saturated rings. The molecular formula is C58H80ClN9O10S3. The Morgan fingerprint density at radius 2 is 0.963 bits per heavy atom. The van der Waals surface area contributed by atoms with Crippen LogP contribution in [0.1, 0.15) is 135 Å². The number of nitrogens with two attached hydrogens (primary N) is 1. The Labute approximate surface area is 484 Å². The summed E-state index contributed by atoms with van der Waals surface area (Å²) in [6.07, 6.45) is 12.1. The minimum Gasteiger partial charge on any atom is -0.444 e. The molecule has 3 heterocycles. The molecule has 23 heteroatoms. The van der Waals surface area contributed by atoms with E-state index in [2.05, 4.69) is 26.9 Å². The maximum Gasteiger partial charge on any atom is 0.410 e. The van der Waals surface area contributed by atoms with Gasteiger partial charge in [0.25, 0.3) is 9.05 Å². The summed E-state index contributed by atoms with van der Waals surface area (Å²) in [7, 11) is -5.64. The molecule has 6 atom stereocenters. The van der Waals surface area contributed by atoms with Crippen LogP contribution in [0.4, 0.5) is 9.59 Å². The van der Waals surface area contributed by atoms with E-state index in [0.29, 0.717) is 31.0 Å². The normalized spacial score (nSPS) is 25.2. The van der Waals surface area contributed by atoms with Gasteiger partial charge in [0.05, 0.1) is 52.2 Å². The number of halogens is 1. The van der Waals surface area contributed by atoms with Gasteiger partial charge in [0.1, 0.15) is 11.2 Å². The first-order chi connectivity index (χ1) is 37.9. The molecule has 3 aliphatic heterocycles. The van der Waals surface area contributed by atoms with Gasteiger partial charge in [-0.15, -0.1) is 0 Å². The lowest BCUT2D eigenvalue weighted by Crippen LogP contribution is -2.37. The zero-order valence-electron chi connectivity index (χ0n) is 47.5. The van der Waals surface area contributed by atoms with Crippen molar-refractivity contribution in [1.29, 1.82) is 15.8 Å². The molecule has 442 valence electrons. The number of ether oxygens (including phenoxy) is 2. The number of benzene rings is 3. The fourth-order valence-corrected chi connectivity index (χ4v) is 15.1. The van der Waals surface area contributed by atoms with Crippen molar-refractivity contribution in [2.24, 2.45) is 22.0 Å². The number of carbonyl (C=O) groups is 2.